The van der Waals surface area contributed by atoms with E-state index in [9.17, 15) is 0 Å². The van der Waals surface area contributed by atoms with Crippen LogP contribution in [0.4, 0.5) is 0 Å². The number of nitrogens with one attached hydrogen (secondary N) is 1. The highest BCUT2D eigenvalue weighted by molar-refractivity contribution is 6.35. The van der Waals surface area contributed by atoms with E-state index in [1.165, 1.54) is 5.52 Å². The Morgan fingerprint density at radius 1 is 1.25 bits per heavy atom. The second-order valence-corrected chi connectivity index (χ2v) is 5.61. The van der Waals surface area contributed by atoms with Crippen molar-refractivity contribution in [2.75, 3.05) is 19.7 Å². The maximum atomic E-state index is 6.17. The van der Waals surface area contributed by atoms with Crippen molar-refractivity contribution in [3.8, 4) is 0 Å². The van der Waals surface area contributed by atoms with E-state index in [-0.39, 0.29) is 0 Å². The fourth-order valence-electron chi connectivity index (χ4n) is 2.22. The zero-order valence-electron chi connectivity index (χ0n) is 12.2. The van der Waals surface area contributed by atoms with Crippen LogP contribution in [0.15, 0.2) is 30.5 Å². The van der Waals surface area contributed by atoms with Gasteiger partial charge in [-0.1, -0.05) is 17.7 Å². The first kappa shape index (κ1) is 15.4. The van der Waals surface area contributed by atoms with Gasteiger partial charge in [0.25, 0.3) is 0 Å². The van der Waals surface area contributed by atoms with Crippen molar-refractivity contribution in [3.63, 3.8) is 0 Å². The minimum atomic E-state index is 0.325. The van der Waals surface area contributed by atoms with Crippen molar-refractivity contribution in [3.05, 3.63) is 35.5 Å². The first-order chi connectivity index (χ1) is 9.68. The lowest BCUT2D eigenvalue weighted by Gasteiger charge is -2.09. The molecule has 1 heterocycles. The second-order valence-electron chi connectivity index (χ2n) is 5.20. The molecule has 0 unspecified atom stereocenters. The third-order valence-electron chi connectivity index (χ3n) is 3.24. The zero-order valence-corrected chi connectivity index (χ0v) is 13.0. The van der Waals surface area contributed by atoms with Gasteiger partial charge in [-0.25, -0.2) is 0 Å². The number of hydrogen-bond acceptors (Lipinski definition) is 2. The first-order valence-electron chi connectivity index (χ1n) is 7.24. The predicted molar refractivity (Wildman–Crippen MR) is 85.5 cm³/mol. The quantitative estimate of drug-likeness (QED) is 0.751. The van der Waals surface area contributed by atoms with Crippen molar-refractivity contribution in [2.24, 2.45) is 0 Å². The molecule has 0 fully saturated rings. The summed E-state index contributed by atoms with van der Waals surface area (Å²) in [6.45, 7) is 7.86. The van der Waals surface area contributed by atoms with Crippen molar-refractivity contribution in [2.45, 2.75) is 32.9 Å². The van der Waals surface area contributed by atoms with Gasteiger partial charge in [-0.3, -0.25) is 0 Å². The predicted octanol–water partition coefficient (Wildman–Crippen LogP) is 3.70. The number of aromatic nitrogens is 1. The molecule has 0 atom stereocenters. The Morgan fingerprint density at radius 3 is 2.90 bits per heavy atom. The third kappa shape index (κ3) is 4.23. The number of halogens is 1. The highest BCUT2D eigenvalue weighted by Crippen LogP contribution is 2.23. The van der Waals surface area contributed by atoms with Crippen LogP contribution in [-0.4, -0.2) is 30.4 Å². The molecule has 0 radical (unpaired) electrons. The van der Waals surface area contributed by atoms with Gasteiger partial charge in [0.1, 0.15) is 0 Å². The molecule has 0 aliphatic carbocycles. The Labute approximate surface area is 125 Å². The summed E-state index contributed by atoms with van der Waals surface area (Å²) in [5, 5.41) is 5.39. The van der Waals surface area contributed by atoms with Crippen LogP contribution in [0.3, 0.4) is 0 Å². The minimum Gasteiger partial charge on any atom is -0.379 e. The van der Waals surface area contributed by atoms with E-state index < -0.39 is 0 Å². The van der Waals surface area contributed by atoms with Crippen molar-refractivity contribution < 1.29 is 4.74 Å². The molecule has 3 nitrogen and oxygen atoms in total. The lowest BCUT2D eigenvalue weighted by atomic mass is 10.2. The molecule has 20 heavy (non-hydrogen) atoms. The van der Waals surface area contributed by atoms with Gasteiger partial charge in [-0.2, -0.15) is 0 Å². The minimum absolute atomic E-state index is 0.325. The van der Waals surface area contributed by atoms with Crippen LogP contribution in [0.5, 0.6) is 0 Å². The topological polar surface area (TPSA) is 26.2 Å². The number of rotatable bonds is 8. The van der Waals surface area contributed by atoms with Gasteiger partial charge in [0.05, 0.1) is 6.10 Å². The summed E-state index contributed by atoms with van der Waals surface area (Å²) < 4.78 is 7.74. The largest absolute Gasteiger partial charge is 0.379 e. The summed E-state index contributed by atoms with van der Waals surface area (Å²) in [6, 6.07) is 8.12. The molecule has 0 saturated heterocycles. The van der Waals surface area contributed by atoms with Gasteiger partial charge in [0.15, 0.2) is 0 Å². The third-order valence-corrected chi connectivity index (χ3v) is 3.57. The van der Waals surface area contributed by atoms with Crippen molar-refractivity contribution in [1.82, 2.24) is 9.88 Å². The zero-order chi connectivity index (χ0) is 14.4. The summed E-state index contributed by atoms with van der Waals surface area (Å²) >= 11 is 6.17. The van der Waals surface area contributed by atoms with E-state index in [1.54, 1.807) is 0 Å². The molecule has 4 heteroatoms. The SMILES string of the molecule is CC(C)OCCCNCCn1ccc2c(Cl)cccc21. The lowest BCUT2D eigenvalue weighted by molar-refractivity contribution is 0.0771. The molecule has 1 aromatic carbocycles. The van der Waals surface area contributed by atoms with Crippen LogP contribution in [0, 0.1) is 0 Å². The van der Waals surface area contributed by atoms with Gasteiger partial charge in [0.2, 0.25) is 0 Å². The van der Waals surface area contributed by atoms with Crippen LogP contribution in [0.2, 0.25) is 5.02 Å². The monoisotopic (exact) mass is 294 g/mol. The van der Waals surface area contributed by atoms with Crippen LogP contribution >= 0.6 is 11.6 Å². The molecular formula is C16H23ClN2O. The summed E-state index contributed by atoms with van der Waals surface area (Å²) in [4.78, 5) is 0. The van der Waals surface area contributed by atoms with Crippen LogP contribution < -0.4 is 5.32 Å². The Bertz CT molecular complexity index is 536. The summed E-state index contributed by atoms with van der Waals surface area (Å²) in [5.74, 6) is 0. The van der Waals surface area contributed by atoms with E-state index in [0.29, 0.717) is 6.10 Å². The summed E-state index contributed by atoms with van der Waals surface area (Å²) in [7, 11) is 0. The van der Waals surface area contributed by atoms with E-state index in [4.69, 9.17) is 16.3 Å². The molecule has 0 aliphatic heterocycles. The Kier molecular flexibility index (Phi) is 5.89. The fraction of sp³-hybridized carbons (Fsp3) is 0.500. The molecule has 2 rings (SSSR count). The van der Waals surface area contributed by atoms with Crippen molar-refractivity contribution in [1.29, 1.82) is 0 Å². The van der Waals surface area contributed by atoms with Gasteiger partial charge >= 0.3 is 0 Å². The average Bonchev–Trinajstić information content (AvgIpc) is 2.82. The summed E-state index contributed by atoms with van der Waals surface area (Å²) in [5.41, 5.74) is 1.20. The Balaban J connectivity index is 1.72. The highest BCUT2D eigenvalue weighted by Gasteiger charge is 2.03. The van der Waals surface area contributed by atoms with Gasteiger partial charge in [-0.05, 0) is 45.0 Å². The molecule has 0 spiro atoms. The Morgan fingerprint density at radius 2 is 2.10 bits per heavy atom. The van der Waals surface area contributed by atoms with E-state index in [0.717, 1.165) is 43.1 Å². The Hall–Kier alpha value is -1.03. The summed E-state index contributed by atoms with van der Waals surface area (Å²) in [6.07, 6.45) is 3.47. The van der Waals surface area contributed by atoms with Crippen molar-refractivity contribution >= 4 is 22.5 Å². The smallest absolute Gasteiger partial charge is 0.0518 e. The lowest BCUT2D eigenvalue weighted by Crippen LogP contribution is -2.22. The standard InChI is InChI=1S/C16H23ClN2O/c1-13(2)20-12-4-8-18-9-11-19-10-7-14-15(17)5-3-6-16(14)19/h3,5-7,10,13,18H,4,8-9,11-12H2,1-2H3. The number of hydrogen-bond donors (Lipinski definition) is 1. The first-order valence-corrected chi connectivity index (χ1v) is 7.62. The maximum absolute atomic E-state index is 6.17. The number of nitrogens with zero attached hydrogens (tertiary/aromatic N) is 1. The second kappa shape index (κ2) is 7.67. The fourth-order valence-corrected chi connectivity index (χ4v) is 2.45. The van der Waals surface area contributed by atoms with Crippen LogP contribution in [0.25, 0.3) is 10.9 Å². The van der Waals surface area contributed by atoms with E-state index in [2.05, 4.69) is 42.1 Å². The average molecular weight is 295 g/mol. The van der Waals surface area contributed by atoms with E-state index in [1.807, 2.05) is 12.1 Å². The number of benzene rings is 1. The molecule has 0 aliphatic rings. The molecule has 2 aromatic rings. The van der Waals surface area contributed by atoms with Crippen LogP contribution in [-0.2, 0) is 11.3 Å². The molecule has 110 valence electrons. The molecule has 0 amide bonds. The molecule has 1 N–H and O–H groups in total. The molecule has 0 saturated carbocycles. The van der Waals surface area contributed by atoms with Gasteiger partial charge in [0, 0.05) is 41.8 Å². The van der Waals surface area contributed by atoms with Gasteiger partial charge < -0.3 is 14.6 Å². The number of ether oxygens (including phenoxy) is 1. The normalized spacial score (nSPS) is 11.6. The van der Waals surface area contributed by atoms with Crippen LogP contribution in [0.1, 0.15) is 20.3 Å². The maximum Gasteiger partial charge on any atom is 0.0518 e. The van der Waals surface area contributed by atoms with E-state index >= 15 is 0 Å². The molecule has 0 bridgehead atoms. The molecule has 1 aromatic heterocycles. The number of fused-ring (bicyclic) bond motifs is 1. The van der Waals surface area contributed by atoms with Gasteiger partial charge in [-0.15, -0.1) is 0 Å². The molecular weight excluding hydrogens is 272 g/mol. The highest BCUT2D eigenvalue weighted by atomic mass is 35.5.